The molecule has 0 fully saturated rings. The maximum atomic E-state index is 12.5. The number of rotatable bonds is 4. The van der Waals surface area contributed by atoms with Crippen LogP contribution in [0, 0.1) is 0 Å². The van der Waals surface area contributed by atoms with E-state index in [1.807, 2.05) is 0 Å². The number of hydrogen-bond donors (Lipinski definition) is 1. The Hall–Kier alpha value is -1.83. The average molecular weight is 461 g/mol. The normalized spacial score (nSPS) is 11.5. The molecule has 3 rings (SSSR count). The van der Waals surface area contributed by atoms with E-state index in [4.69, 9.17) is 57.0 Å². The maximum Gasteiger partial charge on any atom is 0.368 e. The van der Waals surface area contributed by atoms with Crippen molar-refractivity contribution in [2.45, 2.75) is 0 Å². The number of aromatic nitrogens is 1. The number of amidine groups is 1. The van der Waals surface area contributed by atoms with Crippen molar-refractivity contribution in [3.8, 4) is 11.3 Å². The Morgan fingerprint density at radius 3 is 2.15 bits per heavy atom. The van der Waals surface area contributed by atoms with Crippen molar-refractivity contribution < 1.29 is 9.63 Å². The van der Waals surface area contributed by atoms with Crippen LogP contribution in [0.4, 0.5) is 0 Å². The van der Waals surface area contributed by atoms with Crippen LogP contribution < -0.4 is 5.73 Å². The van der Waals surface area contributed by atoms with Crippen LogP contribution in [0.2, 0.25) is 20.1 Å². The molecule has 0 radical (unpaired) electrons. The summed E-state index contributed by atoms with van der Waals surface area (Å²) in [6.07, 6.45) is 0. The number of carbonyl (C=O) groups is 1. The van der Waals surface area contributed by atoms with Gasteiger partial charge >= 0.3 is 5.97 Å². The number of carbonyl (C=O) groups excluding carboxylic acids is 1. The van der Waals surface area contributed by atoms with Crippen molar-refractivity contribution in [2.75, 3.05) is 0 Å². The van der Waals surface area contributed by atoms with E-state index in [0.29, 0.717) is 21.3 Å². The zero-order valence-electron chi connectivity index (χ0n) is 13.2. The molecular formula is C17H9Cl4N3O2S. The zero-order valence-corrected chi connectivity index (χ0v) is 17.1. The van der Waals surface area contributed by atoms with Crippen LogP contribution >= 0.6 is 57.9 Å². The molecule has 0 bridgehead atoms. The minimum absolute atomic E-state index is 0.139. The van der Waals surface area contributed by atoms with Crippen molar-refractivity contribution in [3.05, 3.63) is 73.0 Å². The van der Waals surface area contributed by atoms with Gasteiger partial charge in [0.2, 0.25) is 0 Å². The fourth-order valence-electron chi connectivity index (χ4n) is 2.21. The Morgan fingerprint density at radius 1 is 1.00 bits per heavy atom. The van der Waals surface area contributed by atoms with Gasteiger partial charge in [-0.25, -0.2) is 4.79 Å². The summed E-state index contributed by atoms with van der Waals surface area (Å²) in [5.41, 5.74) is 6.99. The smallest absolute Gasteiger partial charge is 0.368 e. The highest BCUT2D eigenvalue weighted by atomic mass is 35.5. The second-order valence-corrected chi connectivity index (χ2v) is 7.38. The highest BCUT2D eigenvalue weighted by Gasteiger charge is 2.22. The monoisotopic (exact) mass is 459 g/mol. The first-order chi connectivity index (χ1) is 12.9. The summed E-state index contributed by atoms with van der Waals surface area (Å²) >= 11 is 25.5. The topological polar surface area (TPSA) is 77.6 Å². The largest absolute Gasteiger partial charge is 0.380 e. The molecule has 2 aromatic carbocycles. The quantitative estimate of drug-likeness (QED) is 0.227. The van der Waals surface area contributed by atoms with Gasteiger partial charge in [0.05, 0.1) is 25.7 Å². The Balaban J connectivity index is 1.90. The molecule has 0 saturated heterocycles. The molecular weight excluding hydrogens is 452 g/mol. The SMILES string of the molecule is NC(=NOC(=O)c1csnc1-c1c(Cl)cccc1Cl)c1c(Cl)cccc1Cl. The van der Waals surface area contributed by atoms with Gasteiger partial charge in [0.25, 0.3) is 0 Å². The molecule has 10 heteroatoms. The van der Waals surface area contributed by atoms with Gasteiger partial charge in [-0.3, -0.25) is 0 Å². The molecule has 27 heavy (non-hydrogen) atoms. The van der Waals surface area contributed by atoms with Gasteiger partial charge in [-0.05, 0) is 35.8 Å². The van der Waals surface area contributed by atoms with Crippen molar-refractivity contribution in [1.29, 1.82) is 0 Å². The summed E-state index contributed by atoms with van der Waals surface area (Å²) in [6.45, 7) is 0. The number of nitrogens with two attached hydrogens (primary N) is 1. The average Bonchev–Trinajstić information content (AvgIpc) is 3.09. The van der Waals surface area contributed by atoms with Crippen LogP contribution in [0.15, 0.2) is 46.9 Å². The molecule has 0 spiro atoms. The first-order valence-electron chi connectivity index (χ1n) is 7.28. The molecule has 0 aliphatic carbocycles. The Morgan fingerprint density at radius 2 is 1.56 bits per heavy atom. The van der Waals surface area contributed by atoms with Crippen LogP contribution in [0.3, 0.4) is 0 Å². The van der Waals surface area contributed by atoms with E-state index in [2.05, 4.69) is 9.53 Å². The van der Waals surface area contributed by atoms with Gasteiger partial charge in [0.15, 0.2) is 5.84 Å². The van der Waals surface area contributed by atoms with Crippen LogP contribution in [0.5, 0.6) is 0 Å². The van der Waals surface area contributed by atoms with Crippen LogP contribution in [0.1, 0.15) is 15.9 Å². The minimum atomic E-state index is -0.777. The second-order valence-electron chi connectivity index (χ2n) is 5.13. The molecule has 2 N–H and O–H groups in total. The van der Waals surface area contributed by atoms with Crippen LogP contribution in [-0.4, -0.2) is 16.2 Å². The number of oxime groups is 1. The fraction of sp³-hybridized carbons (Fsp3) is 0. The molecule has 0 aliphatic heterocycles. The van der Waals surface area contributed by atoms with E-state index >= 15 is 0 Å². The third-order valence-corrected chi connectivity index (χ3v) is 5.32. The van der Waals surface area contributed by atoms with Gasteiger partial charge < -0.3 is 10.6 Å². The summed E-state index contributed by atoms with van der Waals surface area (Å²) in [7, 11) is 0. The molecule has 0 aliphatic rings. The molecule has 3 aromatic rings. The van der Waals surface area contributed by atoms with E-state index in [1.165, 1.54) is 5.38 Å². The summed E-state index contributed by atoms with van der Waals surface area (Å²) in [5, 5.41) is 6.41. The lowest BCUT2D eigenvalue weighted by Gasteiger charge is -2.07. The first-order valence-corrected chi connectivity index (χ1v) is 9.63. The minimum Gasteiger partial charge on any atom is -0.380 e. The molecule has 1 heterocycles. The van der Waals surface area contributed by atoms with E-state index in [1.54, 1.807) is 36.4 Å². The van der Waals surface area contributed by atoms with Gasteiger partial charge in [0, 0.05) is 10.9 Å². The molecule has 1 aromatic heterocycles. The molecule has 0 unspecified atom stereocenters. The summed E-state index contributed by atoms with van der Waals surface area (Å²) in [4.78, 5) is 17.4. The number of benzene rings is 2. The summed E-state index contributed by atoms with van der Waals surface area (Å²) < 4.78 is 4.19. The number of hydrogen-bond acceptors (Lipinski definition) is 5. The standard InChI is InChI=1S/C17H9Cl4N3O2S/c18-9-3-1-4-10(19)13(9)15-8(7-27-24-15)17(25)26-23-16(22)14-11(20)5-2-6-12(14)21/h1-7H,(H2,22,23). The van der Waals surface area contributed by atoms with Crippen molar-refractivity contribution in [3.63, 3.8) is 0 Å². The summed E-state index contributed by atoms with van der Waals surface area (Å²) in [5.74, 6) is -0.916. The number of halogens is 4. The predicted octanol–water partition coefficient (Wildman–Crippen LogP) is 5.90. The molecule has 0 saturated carbocycles. The van der Waals surface area contributed by atoms with Crippen LogP contribution in [0.25, 0.3) is 11.3 Å². The van der Waals surface area contributed by atoms with Gasteiger partial charge in [-0.15, -0.1) is 0 Å². The maximum absolute atomic E-state index is 12.5. The van der Waals surface area contributed by atoms with E-state index in [-0.39, 0.29) is 27.0 Å². The highest BCUT2D eigenvalue weighted by Crippen LogP contribution is 2.36. The van der Waals surface area contributed by atoms with Crippen molar-refractivity contribution in [1.82, 2.24) is 4.37 Å². The first kappa shape index (κ1) is 19.9. The highest BCUT2D eigenvalue weighted by molar-refractivity contribution is 7.04. The lowest BCUT2D eigenvalue weighted by molar-refractivity contribution is 0.0517. The Kier molecular flexibility index (Phi) is 6.24. The third-order valence-electron chi connectivity index (χ3n) is 3.43. The Labute approximate surface area is 178 Å². The number of nitrogens with zero attached hydrogens (tertiary/aromatic N) is 2. The van der Waals surface area contributed by atoms with Gasteiger partial charge in [-0.1, -0.05) is 63.7 Å². The second kappa shape index (κ2) is 8.46. The molecule has 5 nitrogen and oxygen atoms in total. The summed E-state index contributed by atoms with van der Waals surface area (Å²) in [6, 6.07) is 9.82. The Bertz CT molecular complexity index is 1010. The van der Waals surface area contributed by atoms with E-state index < -0.39 is 5.97 Å². The fourth-order valence-corrected chi connectivity index (χ4v) is 4.04. The van der Waals surface area contributed by atoms with Gasteiger partial charge in [-0.2, -0.15) is 4.37 Å². The van der Waals surface area contributed by atoms with Crippen LogP contribution in [-0.2, 0) is 4.84 Å². The van der Waals surface area contributed by atoms with Gasteiger partial charge in [0.1, 0.15) is 11.3 Å². The van der Waals surface area contributed by atoms with E-state index in [0.717, 1.165) is 11.5 Å². The van der Waals surface area contributed by atoms with Crippen molar-refractivity contribution in [2.24, 2.45) is 10.9 Å². The molecule has 138 valence electrons. The zero-order chi connectivity index (χ0) is 19.6. The lowest BCUT2D eigenvalue weighted by atomic mass is 10.1. The van der Waals surface area contributed by atoms with Crippen molar-refractivity contribution >= 4 is 69.7 Å². The van der Waals surface area contributed by atoms with E-state index in [9.17, 15) is 4.79 Å². The molecule has 0 amide bonds. The lowest BCUT2D eigenvalue weighted by Crippen LogP contribution is -2.16. The predicted molar refractivity (Wildman–Crippen MR) is 110 cm³/mol. The molecule has 0 atom stereocenters. The third kappa shape index (κ3) is 4.20.